The SMILES string of the molecule is CN(Cc1nccn1C)S(=O)(=O)c1ccc(CN)o1. The number of sulfonamides is 1. The fourth-order valence-electron chi connectivity index (χ4n) is 1.59. The predicted molar refractivity (Wildman–Crippen MR) is 68.5 cm³/mol. The van der Waals surface area contributed by atoms with Gasteiger partial charge in [-0.05, 0) is 12.1 Å². The first-order chi connectivity index (χ1) is 8.95. The lowest BCUT2D eigenvalue weighted by Crippen LogP contribution is -2.27. The van der Waals surface area contributed by atoms with Crippen LogP contribution >= 0.6 is 0 Å². The molecule has 2 aromatic heterocycles. The minimum absolute atomic E-state index is 0.107. The Morgan fingerprint density at radius 1 is 1.47 bits per heavy atom. The van der Waals surface area contributed by atoms with Crippen LogP contribution < -0.4 is 5.73 Å². The van der Waals surface area contributed by atoms with Gasteiger partial charge in [0.25, 0.3) is 10.0 Å². The van der Waals surface area contributed by atoms with Gasteiger partial charge in [0.15, 0.2) is 0 Å². The van der Waals surface area contributed by atoms with Crippen molar-refractivity contribution in [3.05, 3.63) is 36.1 Å². The molecule has 2 heterocycles. The zero-order chi connectivity index (χ0) is 14.0. The fourth-order valence-corrected chi connectivity index (χ4v) is 2.64. The molecule has 0 aromatic carbocycles. The Bertz CT molecular complexity index is 659. The fraction of sp³-hybridized carbons (Fsp3) is 0.364. The molecule has 0 bridgehead atoms. The summed E-state index contributed by atoms with van der Waals surface area (Å²) in [6.07, 6.45) is 3.38. The van der Waals surface area contributed by atoms with Crippen LogP contribution in [0.1, 0.15) is 11.6 Å². The molecule has 7 nitrogen and oxygen atoms in total. The van der Waals surface area contributed by atoms with Crippen LogP contribution in [-0.4, -0.2) is 29.3 Å². The first kappa shape index (κ1) is 13.8. The Morgan fingerprint density at radius 3 is 2.74 bits per heavy atom. The number of hydrogen-bond donors (Lipinski definition) is 1. The van der Waals surface area contributed by atoms with Crippen LogP contribution in [0.2, 0.25) is 0 Å². The molecule has 0 unspecified atom stereocenters. The van der Waals surface area contributed by atoms with Gasteiger partial charge >= 0.3 is 0 Å². The Morgan fingerprint density at radius 2 is 2.21 bits per heavy atom. The van der Waals surface area contributed by atoms with E-state index in [2.05, 4.69) is 4.98 Å². The average molecular weight is 284 g/mol. The van der Waals surface area contributed by atoms with E-state index >= 15 is 0 Å². The van der Waals surface area contributed by atoms with Crippen LogP contribution in [-0.2, 0) is 30.2 Å². The summed E-state index contributed by atoms with van der Waals surface area (Å²) < 4.78 is 32.6. The molecule has 0 saturated heterocycles. The molecule has 0 fully saturated rings. The van der Waals surface area contributed by atoms with Gasteiger partial charge in [0.2, 0.25) is 5.09 Å². The van der Waals surface area contributed by atoms with E-state index in [-0.39, 0.29) is 18.2 Å². The quantitative estimate of drug-likeness (QED) is 0.851. The maximum Gasteiger partial charge on any atom is 0.276 e. The van der Waals surface area contributed by atoms with E-state index in [9.17, 15) is 8.42 Å². The van der Waals surface area contributed by atoms with Crippen molar-refractivity contribution in [2.45, 2.75) is 18.2 Å². The number of imidazole rings is 1. The molecule has 0 amide bonds. The van der Waals surface area contributed by atoms with Crippen molar-refractivity contribution >= 4 is 10.0 Å². The zero-order valence-electron chi connectivity index (χ0n) is 10.8. The number of furan rings is 1. The lowest BCUT2D eigenvalue weighted by atomic mass is 10.5. The second-order valence-corrected chi connectivity index (χ2v) is 6.12. The average Bonchev–Trinajstić information content (AvgIpc) is 2.99. The second-order valence-electron chi connectivity index (χ2n) is 4.14. The summed E-state index contributed by atoms with van der Waals surface area (Å²) in [6.45, 7) is 0.336. The molecule has 0 aliphatic rings. The third kappa shape index (κ3) is 2.70. The van der Waals surface area contributed by atoms with Crippen LogP contribution in [0, 0.1) is 0 Å². The number of aryl methyl sites for hydroxylation is 1. The van der Waals surface area contributed by atoms with Gasteiger partial charge in [-0.3, -0.25) is 0 Å². The Labute approximate surface area is 111 Å². The van der Waals surface area contributed by atoms with Gasteiger partial charge in [-0.15, -0.1) is 0 Å². The Kier molecular flexibility index (Phi) is 3.74. The molecule has 8 heteroatoms. The summed E-state index contributed by atoms with van der Waals surface area (Å²) in [7, 11) is -0.375. The molecule has 0 aliphatic carbocycles. The highest BCUT2D eigenvalue weighted by molar-refractivity contribution is 7.88. The molecule has 2 N–H and O–H groups in total. The molecule has 0 spiro atoms. The molecule has 19 heavy (non-hydrogen) atoms. The molecule has 104 valence electrons. The lowest BCUT2D eigenvalue weighted by molar-refractivity contribution is 0.383. The molecular weight excluding hydrogens is 268 g/mol. The summed E-state index contributed by atoms with van der Waals surface area (Å²) in [5.41, 5.74) is 5.40. The number of aromatic nitrogens is 2. The third-order valence-electron chi connectivity index (χ3n) is 2.79. The monoisotopic (exact) mass is 284 g/mol. The minimum atomic E-state index is -3.66. The van der Waals surface area contributed by atoms with E-state index in [0.29, 0.717) is 11.6 Å². The maximum atomic E-state index is 12.3. The predicted octanol–water partition coefficient (Wildman–Crippen LogP) is 0.292. The van der Waals surface area contributed by atoms with Gasteiger partial charge in [-0.1, -0.05) is 0 Å². The van der Waals surface area contributed by atoms with Crippen molar-refractivity contribution in [3.63, 3.8) is 0 Å². The van der Waals surface area contributed by atoms with E-state index in [1.807, 2.05) is 7.05 Å². The highest BCUT2D eigenvalue weighted by Gasteiger charge is 2.25. The van der Waals surface area contributed by atoms with Gasteiger partial charge in [0, 0.05) is 26.5 Å². The Hall–Kier alpha value is -1.64. The minimum Gasteiger partial charge on any atom is -0.447 e. The van der Waals surface area contributed by atoms with Crippen molar-refractivity contribution in [1.29, 1.82) is 0 Å². The van der Waals surface area contributed by atoms with E-state index < -0.39 is 10.0 Å². The van der Waals surface area contributed by atoms with Gasteiger partial charge in [-0.25, -0.2) is 13.4 Å². The van der Waals surface area contributed by atoms with Crippen LogP contribution in [0.25, 0.3) is 0 Å². The summed E-state index contributed by atoms with van der Waals surface area (Å²) >= 11 is 0. The lowest BCUT2D eigenvalue weighted by Gasteiger charge is -2.15. The number of nitrogens with zero attached hydrogens (tertiary/aromatic N) is 3. The summed E-state index contributed by atoms with van der Waals surface area (Å²) in [5.74, 6) is 1.08. The van der Waals surface area contributed by atoms with Gasteiger partial charge in [0.1, 0.15) is 11.6 Å². The standard InChI is InChI=1S/C11H16N4O3S/c1-14-6-5-13-10(14)8-15(2)19(16,17)11-4-3-9(7-12)18-11/h3-6H,7-8,12H2,1-2H3. The van der Waals surface area contributed by atoms with E-state index in [1.54, 1.807) is 23.0 Å². The highest BCUT2D eigenvalue weighted by Crippen LogP contribution is 2.18. The number of hydrogen-bond acceptors (Lipinski definition) is 5. The molecular formula is C11H16N4O3S. The van der Waals surface area contributed by atoms with Crippen LogP contribution in [0.4, 0.5) is 0 Å². The van der Waals surface area contributed by atoms with E-state index in [1.165, 1.54) is 17.4 Å². The van der Waals surface area contributed by atoms with Crippen molar-refractivity contribution in [3.8, 4) is 0 Å². The molecule has 0 radical (unpaired) electrons. The highest BCUT2D eigenvalue weighted by atomic mass is 32.2. The second kappa shape index (κ2) is 5.16. The topological polar surface area (TPSA) is 94.4 Å². The van der Waals surface area contributed by atoms with Crippen molar-refractivity contribution < 1.29 is 12.8 Å². The van der Waals surface area contributed by atoms with Crippen molar-refractivity contribution in [2.24, 2.45) is 12.8 Å². The van der Waals surface area contributed by atoms with Crippen LogP contribution in [0.5, 0.6) is 0 Å². The Balaban J connectivity index is 2.22. The number of nitrogens with two attached hydrogens (primary N) is 1. The zero-order valence-corrected chi connectivity index (χ0v) is 11.6. The van der Waals surface area contributed by atoms with Crippen LogP contribution in [0.3, 0.4) is 0 Å². The smallest absolute Gasteiger partial charge is 0.276 e. The van der Waals surface area contributed by atoms with Crippen molar-refractivity contribution in [1.82, 2.24) is 13.9 Å². The normalized spacial score (nSPS) is 12.2. The summed E-state index contributed by atoms with van der Waals surface area (Å²) in [4.78, 5) is 4.09. The maximum absolute atomic E-state index is 12.3. The summed E-state index contributed by atoms with van der Waals surface area (Å²) in [6, 6.07) is 2.97. The molecule has 2 rings (SSSR count). The van der Waals surface area contributed by atoms with Gasteiger partial charge < -0.3 is 14.7 Å². The molecule has 2 aromatic rings. The largest absolute Gasteiger partial charge is 0.447 e. The third-order valence-corrected chi connectivity index (χ3v) is 4.47. The molecule has 0 atom stereocenters. The molecule has 0 aliphatic heterocycles. The van der Waals surface area contributed by atoms with Crippen LogP contribution in [0.15, 0.2) is 34.0 Å². The van der Waals surface area contributed by atoms with Gasteiger partial charge in [-0.2, -0.15) is 4.31 Å². The van der Waals surface area contributed by atoms with E-state index in [0.717, 1.165) is 0 Å². The molecule has 0 saturated carbocycles. The first-order valence-corrected chi connectivity index (χ1v) is 7.10. The van der Waals surface area contributed by atoms with Crippen molar-refractivity contribution in [2.75, 3.05) is 7.05 Å². The van der Waals surface area contributed by atoms with Gasteiger partial charge in [0.05, 0.1) is 13.1 Å². The summed E-state index contributed by atoms with van der Waals surface area (Å²) in [5, 5.41) is -0.107. The number of rotatable bonds is 5. The van der Waals surface area contributed by atoms with E-state index in [4.69, 9.17) is 10.2 Å². The first-order valence-electron chi connectivity index (χ1n) is 5.66.